The Kier molecular flexibility index (Phi) is 5.07. The highest BCUT2D eigenvalue weighted by molar-refractivity contribution is 5.80. The Balaban J connectivity index is 2.68. The van der Waals surface area contributed by atoms with Gasteiger partial charge in [-0.1, -0.05) is 6.07 Å². The average Bonchev–Trinajstić information content (AvgIpc) is 2.28. The summed E-state index contributed by atoms with van der Waals surface area (Å²) in [5.74, 6) is -1.11. The number of ether oxygens (including phenoxy) is 1. The summed E-state index contributed by atoms with van der Waals surface area (Å²) in [6.45, 7) is 6.99. The fourth-order valence-electron chi connectivity index (χ4n) is 1.50. The van der Waals surface area contributed by atoms with E-state index in [1.54, 1.807) is 39.1 Å². The second-order valence-corrected chi connectivity index (χ2v) is 5.55. The first-order chi connectivity index (χ1) is 9.17. The molecule has 0 bridgehead atoms. The first kappa shape index (κ1) is 15.9. The van der Waals surface area contributed by atoms with E-state index in [1.165, 1.54) is 0 Å². The Bertz CT molecular complexity index is 477. The van der Waals surface area contributed by atoms with Gasteiger partial charge in [-0.3, -0.25) is 4.98 Å². The molecule has 0 aliphatic carbocycles. The van der Waals surface area contributed by atoms with Gasteiger partial charge in [0.05, 0.1) is 0 Å². The van der Waals surface area contributed by atoms with Gasteiger partial charge in [0.2, 0.25) is 0 Å². The van der Waals surface area contributed by atoms with Crippen LogP contribution in [0, 0.1) is 6.92 Å². The van der Waals surface area contributed by atoms with E-state index in [2.05, 4.69) is 10.3 Å². The number of carboxylic acids is 1. The maximum absolute atomic E-state index is 11.6. The molecule has 0 aliphatic rings. The van der Waals surface area contributed by atoms with E-state index in [1.807, 2.05) is 6.92 Å². The summed E-state index contributed by atoms with van der Waals surface area (Å²) < 4.78 is 5.05. The number of carbonyl (C=O) groups is 2. The zero-order chi connectivity index (χ0) is 15.3. The van der Waals surface area contributed by atoms with Crippen molar-refractivity contribution in [3.05, 3.63) is 29.6 Å². The summed E-state index contributed by atoms with van der Waals surface area (Å²) in [7, 11) is 0. The quantitative estimate of drug-likeness (QED) is 0.879. The summed E-state index contributed by atoms with van der Waals surface area (Å²) in [5.41, 5.74) is 0.915. The molecule has 1 rings (SSSR count). The van der Waals surface area contributed by atoms with E-state index in [0.29, 0.717) is 0 Å². The Labute approximate surface area is 118 Å². The number of carboxylic acid groups (broad SMARTS) is 1. The highest BCUT2D eigenvalue weighted by atomic mass is 16.6. The third-order valence-electron chi connectivity index (χ3n) is 2.40. The van der Waals surface area contributed by atoms with Gasteiger partial charge in [0.15, 0.2) is 0 Å². The average molecular weight is 280 g/mol. The molecule has 0 saturated carbocycles. The standard InChI is InChI=1S/C14H20N2O4/c1-9-5-6-10(8-15-9)7-11(12(17)18)16-13(19)20-14(2,3)4/h5-6,8,11H,7H2,1-4H3,(H,16,19)(H,17,18)/t11-/m0/s1. The molecule has 6 heteroatoms. The lowest BCUT2D eigenvalue weighted by Gasteiger charge is -2.22. The van der Waals surface area contributed by atoms with Gasteiger partial charge in [0, 0.05) is 18.3 Å². The Morgan fingerprint density at radius 3 is 2.50 bits per heavy atom. The summed E-state index contributed by atoms with van der Waals surface area (Å²) in [4.78, 5) is 26.9. The van der Waals surface area contributed by atoms with Gasteiger partial charge >= 0.3 is 12.1 Å². The van der Waals surface area contributed by atoms with Crippen molar-refractivity contribution in [1.29, 1.82) is 0 Å². The lowest BCUT2D eigenvalue weighted by atomic mass is 10.1. The minimum atomic E-state index is -1.11. The van der Waals surface area contributed by atoms with Crippen LogP contribution < -0.4 is 5.32 Å². The molecule has 1 atom stereocenters. The highest BCUT2D eigenvalue weighted by Gasteiger charge is 2.24. The van der Waals surface area contributed by atoms with Crippen molar-refractivity contribution >= 4 is 12.1 Å². The maximum Gasteiger partial charge on any atom is 0.408 e. The third-order valence-corrected chi connectivity index (χ3v) is 2.40. The molecule has 0 aliphatic heterocycles. The van der Waals surface area contributed by atoms with Crippen LogP contribution in [0.5, 0.6) is 0 Å². The zero-order valence-corrected chi connectivity index (χ0v) is 12.1. The van der Waals surface area contributed by atoms with Gasteiger partial charge in [0.1, 0.15) is 11.6 Å². The minimum absolute atomic E-state index is 0.155. The lowest BCUT2D eigenvalue weighted by molar-refractivity contribution is -0.139. The van der Waals surface area contributed by atoms with Gasteiger partial charge in [-0.05, 0) is 39.3 Å². The number of aryl methyl sites for hydroxylation is 1. The highest BCUT2D eigenvalue weighted by Crippen LogP contribution is 2.08. The molecule has 0 fully saturated rings. The minimum Gasteiger partial charge on any atom is -0.480 e. The molecule has 1 aromatic rings. The molecular weight excluding hydrogens is 260 g/mol. The molecule has 2 N–H and O–H groups in total. The molecule has 0 saturated heterocycles. The first-order valence-corrected chi connectivity index (χ1v) is 6.31. The van der Waals surface area contributed by atoms with Crippen LogP contribution in [0.1, 0.15) is 32.0 Å². The van der Waals surface area contributed by atoms with Crippen molar-refractivity contribution < 1.29 is 19.4 Å². The number of alkyl carbamates (subject to hydrolysis) is 1. The molecule has 110 valence electrons. The van der Waals surface area contributed by atoms with E-state index >= 15 is 0 Å². The zero-order valence-electron chi connectivity index (χ0n) is 12.1. The van der Waals surface area contributed by atoms with Crippen LogP contribution >= 0.6 is 0 Å². The van der Waals surface area contributed by atoms with E-state index in [9.17, 15) is 9.59 Å². The van der Waals surface area contributed by atoms with Crippen molar-refractivity contribution in [3.63, 3.8) is 0 Å². The van der Waals surface area contributed by atoms with Crippen LogP contribution in [0.15, 0.2) is 18.3 Å². The van der Waals surface area contributed by atoms with Crippen molar-refractivity contribution in [2.45, 2.75) is 45.8 Å². The summed E-state index contributed by atoms with van der Waals surface area (Å²) in [6, 6.07) is 2.53. The van der Waals surface area contributed by atoms with Gasteiger partial charge in [0.25, 0.3) is 0 Å². The Morgan fingerprint density at radius 2 is 2.05 bits per heavy atom. The number of amides is 1. The smallest absolute Gasteiger partial charge is 0.408 e. The number of hydrogen-bond donors (Lipinski definition) is 2. The lowest BCUT2D eigenvalue weighted by Crippen LogP contribution is -2.44. The molecule has 0 aromatic carbocycles. The molecule has 1 heterocycles. The van der Waals surface area contributed by atoms with Crippen LogP contribution in [0.2, 0.25) is 0 Å². The number of rotatable bonds is 4. The summed E-state index contributed by atoms with van der Waals surface area (Å²) in [6.07, 6.45) is 1.01. The maximum atomic E-state index is 11.6. The second kappa shape index (κ2) is 6.36. The van der Waals surface area contributed by atoms with Gasteiger partial charge < -0.3 is 15.2 Å². The molecule has 0 radical (unpaired) electrons. The second-order valence-electron chi connectivity index (χ2n) is 5.55. The van der Waals surface area contributed by atoms with Crippen LogP contribution in [-0.2, 0) is 16.0 Å². The third kappa shape index (κ3) is 5.69. The van der Waals surface area contributed by atoms with Crippen molar-refractivity contribution in [2.24, 2.45) is 0 Å². The van der Waals surface area contributed by atoms with Gasteiger partial charge in [-0.2, -0.15) is 0 Å². The molecule has 0 spiro atoms. The monoisotopic (exact) mass is 280 g/mol. The molecule has 6 nitrogen and oxygen atoms in total. The number of pyridine rings is 1. The topological polar surface area (TPSA) is 88.5 Å². The first-order valence-electron chi connectivity index (χ1n) is 6.31. The fourth-order valence-corrected chi connectivity index (χ4v) is 1.50. The number of nitrogens with zero attached hydrogens (tertiary/aromatic N) is 1. The van der Waals surface area contributed by atoms with Crippen molar-refractivity contribution in [2.75, 3.05) is 0 Å². The predicted molar refractivity (Wildman–Crippen MR) is 73.5 cm³/mol. The summed E-state index contributed by atoms with van der Waals surface area (Å²) >= 11 is 0. The molecule has 0 unspecified atom stereocenters. The van der Waals surface area contributed by atoms with E-state index < -0.39 is 23.7 Å². The van der Waals surface area contributed by atoms with Crippen molar-refractivity contribution in [3.8, 4) is 0 Å². The number of carbonyl (C=O) groups excluding carboxylic acids is 1. The molecular formula is C14H20N2O4. The van der Waals surface area contributed by atoms with Crippen LogP contribution in [0.3, 0.4) is 0 Å². The van der Waals surface area contributed by atoms with Gasteiger partial charge in [-0.25, -0.2) is 9.59 Å². The number of hydrogen-bond acceptors (Lipinski definition) is 4. The fraction of sp³-hybridized carbons (Fsp3) is 0.500. The number of aliphatic carboxylic acids is 1. The molecule has 1 aromatic heterocycles. The Hall–Kier alpha value is -2.11. The van der Waals surface area contributed by atoms with Gasteiger partial charge in [-0.15, -0.1) is 0 Å². The molecule has 1 amide bonds. The van der Waals surface area contributed by atoms with Crippen LogP contribution in [0.4, 0.5) is 4.79 Å². The Morgan fingerprint density at radius 1 is 1.40 bits per heavy atom. The SMILES string of the molecule is Cc1ccc(C[C@H](NC(=O)OC(C)(C)C)C(=O)O)cn1. The van der Waals surface area contributed by atoms with E-state index in [0.717, 1.165) is 11.3 Å². The van der Waals surface area contributed by atoms with E-state index in [-0.39, 0.29) is 6.42 Å². The largest absolute Gasteiger partial charge is 0.480 e. The van der Waals surface area contributed by atoms with Crippen LogP contribution in [-0.4, -0.2) is 33.8 Å². The number of aromatic nitrogens is 1. The van der Waals surface area contributed by atoms with E-state index in [4.69, 9.17) is 9.84 Å². The molecule has 20 heavy (non-hydrogen) atoms. The predicted octanol–water partition coefficient (Wildman–Crippen LogP) is 1.91. The number of nitrogens with one attached hydrogen (secondary N) is 1. The normalized spacial score (nSPS) is 12.6. The van der Waals surface area contributed by atoms with Crippen molar-refractivity contribution in [1.82, 2.24) is 10.3 Å². The van der Waals surface area contributed by atoms with Crippen LogP contribution in [0.25, 0.3) is 0 Å². The summed E-state index contributed by atoms with van der Waals surface area (Å²) in [5, 5.41) is 11.5.